The minimum atomic E-state index is -1.07. The van der Waals surface area contributed by atoms with E-state index in [0.29, 0.717) is 22.9 Å². The molecule has 1 aliphatic heterocycles. The number of methoxy groups -OCH3 is 2. The Morgan fingerprint density at radius 1 is 1.32 bits per heavy atom. The van der Waals surface area contributed by atoms with E-state index in [0.717, 1.165) is 0 Å². The number of rotatable bonds is 5. The van der Waals surface area contributed by atoms with Gasteiger partial charge in [0, 0.05) is 12.1 Å². The fourth-order valence-electron chi connectivity index (χ4n) is 2.47. The lowest BCUT2D eigenvalue weighted by Crippen LogP contribution is -2.51. The van der Waals surface area contributed by atoms with E-state index >= 15 is 0 Å². The smallest absolute Gasteiger partial charge is 0.323 e. The molecule has 7 heteroatoms. The Bertz CT molecular complexity index is 600. The van der Waals surface area contributed by atoms with Crippen molar-refractivity contribution in [2.24, 2.45) is 5.92 Å². The molecule has 1 aliphatic rings. The van der Waals surface area contributed by atoms with Crippen molar-refractivity contribution in [1.29, 1.82) is 0 Å². The third kappa shape index (κ3) is 2.79. The van der Waals surface area contributed by atoms with Gasteiger partial charge in [-0.25, -0.2) is 0 Å². The van der Waals surface area contributed by atoms with Gasteiger partial charge in [-0.2, -0.15) is 0 Å². The number of nitrogens with one attached hydrogen (secondary N) is 1. The van der Waals surface area contributed by atoms with Crippen LogP contribution < -0.4 is 19.7 Å². The first-order valence-electron chi connectivity index (χ1n) is 6.94. The molecule has 120 valence electrons. The van der Waals surface area contributed by atoms with Crippen LogP contribution in [0.2, 0.25) is 0 Å². The number of hydrogen-bond acceptors (Lipinski definition) is 5. The van der Waals surface area contributed by atoms with Crippen LogP contribution in [0.15, 0.2) is 12.1 Å². The average Bonchev–Trinajstić information content (AvgIpc) is 2.47. The van der Waals surface area contributed by atoms with E-state index in [-0.39, 0.29) is 11.8 Å². The first kappa shape index (κ1) is 15.9. The zero-order chi connectivity index (χ0) is 16.4. The van der Waals surface area contributed by atoms with E-state index in [1.54, 1.807) is 12.1 Å². The highest BCUT2D eigenvalue weighted by Gasteiger charge is 2.36. The summed E-state index contributed by atoms with van der Waals surface area (Å²) in [6, 6.07) is 2.84. The van der Waals surface area contributed by atoms with Crippen LogP contribution in [0.5, 0.6) is 11.5 Å². The predicted octanol–water partition coefficient (Wildman–Crippen LogP) is 1.57. The van der Waals surface area contributed by atoms with Gasteiger partial charge in [0.15, 0.2) is 11.5 Å². The van der Waals surface area contributed by atoms with Crippen LogP contribution >= 0.6 is 0 Å². The molecule has 0 saturated carbocycles. The first-order chi connectivity index (χ1) is 10.4. The molecule has 22 heavy (non-hydrogen) atoms. The van der Waals surface area contributed by atoms with Crippen molar-refractivity contribution >= 4 is 23.3 Å². The summed E-state index contributed by atoms with van der Waals surface area (Å²) < 4.78 is 10.5. The van der Waals surface area contributed by atoms with E-state index < -0.39 is 18.6 Å². The van der Waals surface area contributed by atoms with Crippen molar-refractivity contribution in [3.63, 3.8) is 0 Å². The van der Waals surface area contributed by atoms with Crippen LogP contribution in [0.3, 0.4) is 0 Å². The summed E-state index contributed by atoms with van der Waals surface area (Å²) in [5.74, 6) is -0.365. The lowest BCUT2D eigenvalue weighted by Gasteiger charge is -2.36. The number of carbonyl (C=O) groups is 2. The van der Waals surface area contributed by atoms with Gasteiger partial charge >= 0.3 is 5.97 Å². The lowest BCUT2D eigenvalue weighted by molar-refractivity contribution is -0.136. The number of carboxylic acid groups (broad SMARTS) is 1. The molecule has 2 rings (SSSR count). The normalized spacial score (nSPS) is 17.0. The molecule has 0 aliphatic carbocycles. The monoisotopic (exact) mass is 308 g/mol. The molecule has 1 amide bonds. The molecule has 1 unspecified atom stereocenters. The van der Waals surface area contributed by atoms with Gasteiger partial charge in [-0.05, 0) is 5.92 Å². The quantitative estimate of drug-likeness (QED) is 0.858. The second kappa shape index (κ2) is 6.13. The number of amides is 1. The Hall–Kier alpha value is -2.44. The van der Waals surface area contributed by atoms with Gasteiger partial charge in [0.05, 0.1) is 25.6 Å². The number of nitrogens with zero attached hydrogens (tertiary/aromatic N) is 1. The van der Waals surface area contributed by atoms with E-state index in [1.807, 2.05) is 13.8 Å². The third-order valence-corrected chi connectivity index (χ3v) is 3.60. The highest BCUT2D eigenvalue weighted by Crippen LogP contribution is 2.41. The van der Waals surface area contributed by atoms with Crippen molar-refractivity contribution in [2.45, 2.75) is 19.9 Å². The van der Waals surface area contributed by atoms with Crippen molar-refractivity contribution in [2.75, 3.05) is 31.0 Å². The number of anilines is 2. The second-order valence-corrected chi connectivity index (χ2v) is 5.41. The maximum atomic E-state index is 12.5. The van der Waals surface area contributed by atoms with Crippen molar-refractivity contribution in [3.8, 4) is 11.5 Å². The molecule has 0 fully saturated rings. The highest BCUT2D eigenvalue weighted by atomic mass is 16.5. The molecule has 7 nitrogen and oxygen atoms in total. The Balaban J connectivity index is 2.55. The minimum absolute atomic E-state index is 0.0186. The zero-order valence-electron chi connectivity index (χ0n) is 13.0. The second-order valence-electron chi connectivity index (χ2n) is 5.41. The highest BCUT2D eigenvalue weighted by molar-refractivity contribution is 6.07. The molecule has 0 aromatic heterocycles. The van der Waals surface area contributed by atoms with E-state index in [1.165, 1.54) is 19.1 Å². The Morgan fingerprint density at radius 3 is 2.41 bits per heavy atom. The zero-order valence-corrected chi connectivity index (χ0v) is 13.0. The molecule has 0 saturated heterocycles. The third-order valence-electron chi connectivity index (χ3n) is 3.60. The Morgan fingerprint density at radius 2 is 1.91 bits per heavy atom. The molecular weight excluding hydrogens is 288 g/mol. The summed E-state index contributed by atoms with van der Waals surface area (Å²) >= 11 is 0. The molecule has 2 N–H and O–H groups in total. The SMILES string of the molecule is COc1cc2c(cc1OC)N(CC(=O)O)C(=O)C(C(C)C)N2. The van der Waals surface area contributed by atoms with Crippen molar-refractivity contribution in [3.05, 3.63) is 12.1 Å². The number of carboxylic acids is 1. The van der Waals surface area contributed by atoms with E-state index in [2.05, 4.69) is 5.32 Å². The van der Waals surface area contributed by atoms with Gasteiger partial charge in [-0.3, -0.25) is 14.5 Å². The largest absolute Gasteiger partial charge is 0.493 e. The molecule has 1 atom stereocenters. The van der Waals surface area contributed by atoms with Crippen LogP contribution in [-0.2, 0) is 9.59 Å². The summed E-state index contributed by atoms with van der Waals surface area (Å²) in [6.07, 6.45) is 0. The minimum Gasteiger partial charge on any atom is -0.493 e. The summed E-state index contributed by atoms with van der Waals surface area (Å²) in [4.78, 5) is 24.9. The van der Waals surface area contributed by atoms with Crippen LogP contribution in [0, 0.1) is 5.92 Å². The molecule has 1 aromatic rings. The van der Waals surface area contributed by atoms with Gasteiger partial charge in [-0.15, -0.1) is 0 Å². The number of aliphatic carboxylic acids is 1. The maximum absolute atomic E-state index is 12.5. The number of carbonyl (C=O) groups excluding carboxylic acids is 1. The fraction of sp³-hybridized carbons (Fsp3) is 0.467. The number of hydrogen-bond donors (Lipinski definition) is 2. The topological polar surface area (TPSA) is 88.1 Å². The summed E-state index contributed by atoms with van der Waals surface area (Å²) in [6.45, 7) is 3.41. The van der Waals surface area contributed by atoms with Crippen LogP contribution in [-0.4, -0.2) is 43.8 Å². The van der Waals surface area contributed by atoms with Gasteiger partial charge in [0.2, 0.25) is 5.91 Å². The molecule has 0 spiro atoms. The number of benzene rings is 1. The summed E-state index contributed by atoms with van der Waals surface area (Å²) in [5.41, 5.74) is 1.12. The summed E-state index contributed by atoms with van der Waals surface area (Å²) in [5, 5.41) is 12.2. The number of ether oxygens (including phenoxy) is 2. The molecule has 0 radical (unpaired) electrons. The van der Waals surface area contributed by atoms with Crippen LogP contribution in [0.4, 0.5) is 11.4 Å². The predicted molar refractivity (Wildman–Crippen MR) is 81.8 cm³/mol. The van der Waals surface area contributed by atoms with Crippen LogP contribution in [0.1, 0.15) is 13.8 Å². The molecule has 0 bridgehead atoms. The molecular formula is C15H20N2O5. The van der Waals surface area contributed by atoms with Crippen molar-refractivity contribution < 1.29 is 24.2 Å². The van der Waals surface area contributed by atoms with Crippen LogP contribution in [0.25, 0.3) is 0 Å². The molecule has 1 aromatic carbocycles. The summed E-state index contributed by atoms with van der Waals surface area (Å²) in [7, 11) is 3.01. The van der Waals surface area contributed by atoms with Gasteiger partial charge in [0.1, 0.15) is 12.6 Å². The molecule has 1 heterocycles. The standard InChI is InChI=1S/C15H20N2O5/c1-8(2)14-15(20)17(7-13(18)19)10-6-12(22-4)11(21-3)5-9(10)16-14/h5-6,8,14,16H,7H2,1-4H3,(H,18,19). The van der Waals surface area contributed by atoms with Crippen molar-refractivity contribution in [1.82, 2.24) is 0 Å². The average molecular weight is 308 g/mol. The Labute approximate surface area is 128 Å². The number of fused-ring (bicyclic) bond motifs is 1. The Kier molecular flexibility index (Phi) is 4.44. The lowest BCUT2D eigenvalue weighted by atomic mass is 9.98. The van der Waals surface area contributed by atoms with Gasteiger partial charge in [-0.1, -0.05) is 13.8 Å². The maximum Gasteiger partial charge on any atom is 0.323 e. The fourth-order valence-corrected chi connectivity index (χ4v) is 2.47. The van der Waals surface area contributed by atoms with Gasteiger partial charge < -0.3 is 19.9 Å². The first-order valence-corrected chi connectivity index (χ1v) is 6.94. The van der Waals surface area contributed by atoms with Gasteiger partial charge in [0.25, 0.3) is 0 Å². The van der Waals surface area contributed by atoms with E-state index in [9.17, 15) is 9.59 Å². The van der Waals surface area contributed by atoms with E-state index in [4.69, 9.17) is 14.6 Å².